The predicted octanol–water partition coefficient (Wildman–Crippen LogP) is 6.29. The number of ether oxygens (including phenoxy) is 2. The van der Waals surface area contributed by atoms with E-state index in [0.29, 0.717) is 37.4 Å². The first kappa shape index (κ1) is 25.0. The second-order valence-corrected chi connectivity index (χ2v) is 8.53. The van der Waals surface area contributed by atoms with Crippen LogP contribution in [0.3, 0.4) is 0 Å². The van der Waals surface area contributed by atoms with Gasteiger partial charge in [0.05, 0.1) is 24.3 Å². The van der Waals surface area contributed by atoms with Crippen molar-refractivity contribution in [1.82, 2.24) is 9.13 Å². The van der Waals surface area contributed by atoms with E-state index in [2.05, 4.69) is 9.13 Å². The highest BCUT2D eigenvalue weighted by Gasteiger charge is 2.22. The van der Waals surface area contributed by atoms with Gasteiger partial charge in [-0.2, -0.15) is 0 Å². The van der Waals surface area contributed by atoms with Crippen LogP contribution in [0.5, 0.6) is 0 Å². The molecule has 0 atom stereocenters. The molecule has 0 aliphatic rings. The van der Waals surface area contributed by atoms with Crippen LogP contribution in [0.2, 0.25) is 0 Å². The number of rotatable bonds is 9. The Morgan fingerprint density at radius 2 is 1.00 bits per heavy atom. The van der Waals surface area contributed by atoms with Crippen molar-refractivity contribution in [3.05, 3.63) is 95.3 Å². The molecular formula is C30H32N2O4. The van der Waals surface area contributed by atoms with Gasteiger partial charge in [0.15, 0.2) is 0 Å². The topological polar surface area (TPSA) is 62.5 Å². The van der Waals surface area contributed by atoms with Gasteiger partial charge in [-0.05, 0) is 51.0 Å². The van der Waals surface area contributed by atoms with E-state index in [4.69, 9.17) is 9.47 Å². The van der Waals surface area contributed by atoms with E-state index in [1.54, 1.807) is 0 Å². The smallest absolute Gasteiger partial charge is 0.339 e. The van der Waals surface area contributed by atoms with Gasteiger partial charge < -0.3 is 18.6 Å². The number of esters is 2. The second-order valence-electron chi connectivity index (χ2n) is 8.53. The maximum absolute atomic E-state index is 12.7. The van der Waals surface area contributed by atoms with E-state index in [-0.39, 0.29) is 11.9 Å². The molecule has 2 aromatic heterocycles. The lowest BCUT2D eigenvalue weighted by atomic mass is 10.1. The maximum Gasteiger partial charge on any atom is 0.339 e. The molecule has 0 radical (unpaired) electrons. The molecule has 2 heterocycles. The fourth-order valence-electron chi connectivity index (χ4n) is 4.59. The zero-order valence-corrected chi connectivity index (χ0v) is 21.3. The minimum Gasteiger partial charge on any atom is -0.462 e. The Kier molecular flexibility index (Phi) is 7.74. The van der Waals surface area contributed by atoms with Gasteiger partial charge in [0.1, 0.15) is 0 Å². The van der Waals surface area contributed by atoms with Gasteiger partial charge in [-0.25, -0.2) is 9.59 Å². The second kappa shape index (κ2) is 11.1. The molecule has 6 nitrogen and oxygen atoms in total. The summed E-state index contributed by atoms with van der Waals surface area (Å²) in [6, 6.07) is 23.9. The van der Waals surface area contributed by atoms with Crippen molar-refractivity contribution in [2.75, 3.05) is 13.2 Å². The summed E-state index contributed by atoms with van der Waals surface area (Å²) >= 11 is 0. The summed E-state index contributed by atoms with van der Waals surface area (Å²) < 4.78 is 14.9. The third-order valence-corrected chi connectivity index (χ3v) is 6.41. The standard InChI is InChI=1S/C30H32N2O4/c1-5-35-29(33)25-19-27(23-13-9-7-10-14-23)31(21(25)3)17-18-32-22(4)26(30(34)36-6-2)20-28(32)24-15-11-8-12-16-24/h7-16,19-20H,5-6,17-18H2,1-4H3. The van der Waals surface area contributed by atoms with Gasteiger partial charge in [-0.15, -0.1) is 0 Å². The molecule has 0 unspecified atom stereocenters. The fraction of sp³-hybridized carbons (Fsp3) is 0.267. The van der Waals surface area contributed by atoms with E-state index in [0.717, 1.165) is 33.9 Å². The average molecular weight is 485 g/mol. The SMILES string of the molecule is CCOC(=O)c1cc(-c2ccccc2)n(CCn2c(-c3ccccc3)cc(C(=O)OCC)c2C)c1C. The molecule has 4 aromatic rings. The lowest BCUT2D eigenvalue weighted by Crippen LogP contribution is -2.14. The van der Waals surface area contributed by atoms with Crippen molar-refractivity contribution in [2.24, 2.45) is 0 Å². The van der Waals surface area contributed by atoms with Crippen molar-refractivity contribution in [3.63, 3.8) is 0 Å². The van der Waals surface area contributed by atoms with E-state index in [1.807, 2.05) is 100 Å². The van der Waals surface area contributed by atoms with Crippen LogP contribution in [0, 0.1) is 13.8 Å². The van der Waals surface area contributed by atoms with Crippen molar-refractivity contribution in [3.8, 4) is 22.5 Å². The third kappa shape index (κ3) is 4.98. The molecule has 0 N–H and O–H groups in total. The van der Waals surface area contributed by atoms with Crippen LogP contribution in [0.1, 0.15) is 46.0 Å². The highest BCUT2D eigenvalue weighted by molar-refractivity contribution is 5.93. The summed E-state index contributed by atoms with van der Waals surface area (Å²) in [5.74, 6) is -0.643. The summed E-state index contributed by atoms with van der Waals surface area (Å²) in [7, 11) is 0. The van der Waals surface area contributed by atoms with Crippen molar-refractivity contribution in [1.29, 1.82) is 0 Å². The molecule has 186 valence electrons. The number of carbonyl (C=O) groups is 2. The van der Waals surface area contributed by atoms with Gasteiger partial charge in [-0.1, -0.05) is 60.7 Å². The van der Waals surface area contributed by atoms with E-state index in [9.17, 15) is 9.59 Å². The van der Waals surface area contributed by atoms with Gasteiger partial charge in [-0.3, -0.25) is 0 Å². The van der Waals surface area contributed by atoms with Crippen LogP contribution in [-0.2, 0) is 22.6 Å². The van der Waals surface area contributed by atoms with Crippen LogP contribution >= 0.6 is 0 Å². The van der Waals surface area contributed by atoms with E-state index >= 15 is 0 Å². The highest BCUT2D eigenvalue weighted by Crippen LogP contribution is 2.29. The van der Waals surface area contributed by atoms with Crippen molar-refractivity contribution >= 4 is 11.9 Å². The van der Waals surface area contributed by atoms with Crippen LogP contribution < -0.4 is 0 Å². The largest absolute Gasteiger partial charge is 0.462 e. The molecule has 0 fully saturated rings. The molecule has 6 heteroatoms. The lowest BCUT2D eigenvalue weighted by Gasteiger charge is -2.16. The molecule has 0 amide bonds. The van der Waals surface area contributed by atoms with Crippen molar-refractivity contribution in [2.45, 2.75) is 40.8 Å². The molecule has 2 aromatic carbocycles. The third-order valence-electron chi connectivity index (χ3n) is 6.41. The Balaban J connectivity index is 1.77. The van der Waals surface area contributed by atoms with Gasteiger partial charge in [0.25, 0.3) is 0 Å². The molecule has 0 aliphatic heterocycles. The highest BCUT2D eigenvalue weighted by atomic mass is 16.5. The first-order valence-electron chi connectivity index (χ1n) is 12.3. The zero-order valence-electron chi connectivity index (χ0n) is 21.3. The summed E-state index contributed by atoms with van der Waals surface area (Å²) in [5.41, 5.74) is 6.78. The van der Waals surface area contributed by atoms with Gasteiger partial charge >= 0.3 is 11.9 Å². The molecule has 36 heavy (non-hydrogen) atoms. The molecule has 4 rings (SSSR count). The van der Waals surface area contributed by atoms with Gasteiger partial charge in [0, 0.05) is 35.9 Å². The summed E-state index contributed by atoms with van der Waals surface area (Å²) in [5, 5.41) is 0. The Morgan fingerprint density at radius 3 is 1.33 bits per heavy atom. The number of benzene rings is 2. The number of nitrogens with zero attached hydrogens (tertiary/aromatic N) is 2. The monoisotopic (exact) mass is 484 g/mol. The first-order chi connectivity index (χ1) is 17.5. The summed E-state index contributed by atoms with van der Waals surface area (Å²) in [6.07, 6.45) is 0. The maximum atomic E-state index is 12.7. The molecule has 0 saturated carbocycles. The van der Waals surface area contributed by atoms with Crippen molar-refractivity contribution < 1.29 is 19.1 Å². The number of hydrogen-bond donors (Lipinski definition) is 0. The normalized spacial score (nSPS) is 10.9. The first-order valence-corrected chi connectivity index (χ1v) is 12.3. The summed E-state index contributed by atoms with van der Waals surface area (Å²) in [4.78, 5) is 25.4. The van der Waals surface area contributed by atoms with Crippen LogP contribution in [0.15, 0.2) is 72.8 Å². The Bertz CT molecular complexity index is 1250. The minimum absolute atomic E-state index is 0.322. The average Bonchev–Trinajstić information content (AvgIpc) is 3.40. The van der Waals surface area contributed by atoms with Crippen LogP contribution in [-0.4, -0.2) is 34.3 Å². The Labute approximate surface area is 212 Å². The number of aromatic nitrogens is 2. The van der Waals surface area contributed by atoms with E-state index in [1.165, 1.54) is 0 Å². The molecule has 0 spiro atoms. The van der Waals surface area contributed by atoms with Crippen LogP contribution in [0.25, 0.3) is 22.5 Å². The van der Waals surface area contributed by atoms with Gasteiger partial charge in [0.2, 0.25) is 0 Å². The molecule has 0 saturated heterocycles. The Morgan fingerprint density at radius 1 is 0.639 bits per heavy atom. The number of hydrogen-bond acceptors (Lipinski definition) is 4. The Hall–Kier alpha value is -4.06. The molecule has 0 bridgehead atoms. The molecular weight excluding hydrogens is 452 g/mol. The quantitative estimate of drug-likeness (QED) is 0.262. The summed E-state index contributed by atoms with van der Waals surface area (Å²) in [6.45, 7) is 9.37. The lowest BCUT2D eigenvalue weighted by molar-refractivity contribution is 0.0515. The number of carbonyl (C=O) groups excluding carboxylic acids is 2. The minimum atomic E-state index is -0.322. The predicted molar refractivity (Wildman–Crippen MR) is 141 cm³/mol. The fourth-order valence-corrected chi connectivity index (χ4v) is 4.59. The van der Waals surface area contributed by atoms with E-state index < -0.39 is 0 Å². The van der Waals surface area contributed by atoms with Crippen LogP contribution in [0.4, 0.5) is 0 Å². The zero-order chi connectivity index (χ0) is 25.7. The molecule has 0 aliphatic carbocycles.